The van der Waals surface area contributed by atoms with Gasteiger partial charge in [-0.3, -0.25) is 10.1 Å². The topological polar surface area (TPSA) is 76.5 Å². The van der Waals surface area contributed by atoms with Gasteiger partial charge in [0.05, 0.1) is 9.40 Å². The van der Waals surface area contributed by atoms with Crippen molar-refractivity contribution in [2.24, 2.45) is 0 Å². The summed E-state index contributed by atoms with van der Waals surface area (Å²) >= 11 is 3.11. The summed E-state index contributed by atoms with van der Waals surface area (Å²) in [4.78, 5) is 10.3. The molecule has 0 aliphatic carbocycles. The molecule has 0 aliphatic rings. The van der Waals surface area contributed by atoms with E-state index in [0.717, 1.165) is 0 Å². The maximum absolute atomic E-state index is 10.8. The van der Waals surface area contributed by atoms with E-state index in [1.54, 1.807) is 24.3 Å². The highest BCUT2D eigenvalue weighted by Crippen LogP contribution is 2.31. The van der Waals surface area contributed by atoms with Gasteiger partial charge >= 0.3 is 0 Å². The third-order valence-electron chi connectivity index (χ3n) is 2.24. The van der Waals surface area contributed by atoms with E-state index in [9.17, 15) is 10.1 Å². The van der Waals surface area contributed by atoms with Crippen molar-refractivity contribution in [3.63, 3.8) is 0 Å². The molecule has 1 heterocycles. The highest BCUT2D eigenvalue weighted by molar-refractivity contribution is 9.10. The zero-order chi connectivity index (χ0) is 12.4. The number of rotatable bonds is 3. The lowest BCUT2D eigenvalue weighted by atomic mass is 10.1. The van der Waals surface area contributed by atoms with E-state index in [4.69, 9.17) is 9.52 Å². The molecule has 0 aliphatic heterocycles. The Labute approximate surface area is 105 Å². The first-order valence-corrected chi connectivity index (χ1v) is 5.55. The van der Waals surface area contributed by atoms with Gasteiger partial charge in [-0.05, 0) is 40.2 Å². The Bertz CT molecular complexity index is 564. The first kappa shape index (κ1) is 11.8. The maximum Gasteiger partial charge on any atom is 0.284 e. The summed E-state index contributed by atoms with van der Waals surface area (Å²) in [5, 5.41) is 19.6. The van der Waals surface area contributed by atoms with Crippen LogP contribution in [0.3, 0.4) is 0 Å². The third-order valence-corrected chi connectivity index (χ3v) is 2.92. The number of halogens is 1. The average molecular weight is 298 g/mol. The highest BCUT2D eigenvalue weighted by atomic mass is 79.9. The molecule has 2 rings (SSSR count). The molecule has 88 valence electrons. The monoisotopic (exact) mass is 297 g/mol. The van der Waals surface area contributed by atoms with Gasteiger partial charge in [0, 0.05) is 11.6 Å². The molecule has 0 atom stereocenters. The van der Waals surface area contributed by atoms with Gasteiger partial charge in [0.25, 0.3) is 5.69 Å². The van der Waals surface area contributed by atoms with Crippen LogP contribution >= 0.6 is 15.9 Å². The summed E-state index contributed by atoms with van der Waals surface area (Å²) in [7, 11) is 0. The zero-order valence-corrected chi connectivity index (χ0v) is 10.2. The van der Waals surface area contributed by atoms with Crippen LogP contribution in [0.5, 0.6) is 0 Å². The fraction of sp³-hybridized carbons (Fsp3) is 0.0909. The molecular weight excluding hydrogens is 290 g/mol. The number of aliphatic hydroxyl groups excluding tert-OH is 1. The minimum Gasteiger partial charge on any atom is -0.459 e. The largest absolute Gasteiger partial charge is 0.459 e. The normalized spacial score (nSPS) is 10.5. The van der Waals surface area contributed by atoms with E-state index in [1.807, 2.05) is 0 Å². The fourth-order valence-corrected chi connectivity index (χ4v) is 1.82. The average Bonchev–Trinajstić information content (AvgIpc) is 2.78. The van der Waals surface area contributed by atoms with Crippen LogP contribution in [-0.4, -0.2) is 10.0 Å². The quantitative estimate of drug-likeness (QED) is 0.697. The van der Waals surface area contributed by atoms with Gasteiger partial charge in [-0.2, -0.15) is 0 Å². The zero-order valence-electron chi connectivity index (χ0n) is 8.59. The van der Waals surface area contributed by atoms with Crippen LogP contribution in [0.15, 0.2) is 39.2 Å². The molecule has 6 heteroatoms. The first-order valence-electron chi connectivity index (χ1n) is 4.75. The number of nitrogens with zero attached hydrogens (tertiary/aromatic N) is 1. The van der Waals surface area contributed by atoms with E-state index in [-0.39, 0.29) is 12.3 Å². The number of hydrogen-bond acceptors (Lipinski definition) is 4. The highest BCUT2D eigenvalue weighted by Gasteiger charge is 2.14. The molecule has 1 aromatic heterocycles. The molecule has 2 aromatic rings. The van der Waals surface area contributed by atoms with Crippen molar-refractivity contribution in [1.82, 2.24) is 0 Å². The summed E-state index contributed by atoms with van der Waals surface area (Å²) in [6.07, 6.45) is 0. The van der Waals surface area contributed by atoms with Crippen LogP contribution in [-0.2, 0) is 6.61 Å². The molecule has 0 unspecified atom stereocenters. The number of benzene rings is 1. The van der Waals surface area contributed by atoms with Gasteiger partial charge in [0.2, 0.25) is 0 Å². The Balaban J connectivity index is 2.46. The van der Waals surface area contributed by atoms with Crippen molar-refractivity contribution in [2.75, 3.05) is 0 Å². The molecule has 17 heavy (non-hydrogen) atoms. The number of hydrogen-bond donors (Lipinski definition) is 1. The minimum atomic E-state index is -0.469. The smallest absolute Gasteiger partial charge is 0.284 e. The van der Waals surface area contributed by atoms with Crippen molar-refractivity contribution < 1.29 is 14.4 Å². The SMILES string of the molecule is O=[N+]([O-])c1cc(-c2ccc(CO)o2)ccc1Br. The van der Waals surface area contributed by atoms with E-state index in [2.05, 4.69) is 15.9 Å². The van der Waals surface area contributed by atoms with Crippen molar-refractivity contribution in [2.45, 2.75) is 6.61 Å². The van der Waals surface area contributed by atoms with Crippen LogP contribution < -0.4 is 0 Å². The number of nitro groups is 1. The second kappa shape index (κ2) is 4.68. The van der Waals surface area contributed by atoms with Gasteiger partial charge < -0.3 is 9.52 Å². The Morgan fingerprint density at radius 3 is 2.71 bits per heavy atom. The van der Waals surface area contributed by atoms with Gasteiger partial charge in [0.15, 0.2) is 0 Å². The first-order chi connectivity index (χ1) is 8.11. The maximum atomic E-state index is 10.8. The summed E-state index contributed by atoms with van der Waals surface area (Å²) in [6.45, 7) is -0.196. The summed E-state index contributed by atoms with van der Waals surface area (Å²) in [5.74, 6) is 0.912. The van der Waals surface area contributed by atoms with Gasteiger partial charge in [-0.1, -0.05) is 0 Å². The lowest BCUT2D eigenvalue weighted by Gasteiger charge is -1.99. The van der Waals surface area contributed by atoms with E-state index < -0.39 is 4.92 Å². The molecule has 0 amide bonds. The van der Waals surface area contributed by atoms with Crippen LogP contribution in [0, 0.1) is 10.1 Å². The van der Waals surface area contributed by atoms with E-state index >= 15 is 0 Å². The second-order valence-electron chi connectivity index (χ2n) is 3.35. The molecule has 5 nitrogen and oxygen atoms in total. The molecule has 0 bridgehead atoms. The van der Waals surface area contributed by atoms with Crippen LogP contribution in [0.1, 0.15) is 5.76 Å². The predicted octanol–water partition coefficient (Wildman–Crippen LogP) is 3.11. The lowest BCUT2D eigenvalue weighted by Crippen LogP contribution is -1.89. The van der Waals surface area contributed by atoms with Crippen LogP contribution in [0.2, 0.25) is 0 Å². The van der Waals surface area contributed by atoms with Crippen molar-refractivity contribution in [3.8, 4) is 11.3 Å². The van der Waals surface area contributed by atoms with Crippen LogP contribution in [0.4, 0.5) is 5.69 Å². The number of nitro benzene ring substituents is 1. The van der Waals surface area contributed by atoms with Crippen LogP contribution in [0.25, 0.3) is 11.3 Å². The standard InChI is InChI=1S/C11H8BrNO4/c12-9-3-1-7(5-10(9)13(15)16)11-4-2-8(6-14)17-11/h1-5,14H,6H2. The molecule has 0 saturated heterocycles. The summed E-state index contributed by atoms with van der Waals surface area (Å²) in [5.41, 5.74) is 0.573. The molecule has 1 aromatic carbocycles. The fourth-order valence-electron chi connectivity index (χ4n) is 1.42. The van der Waals surface area contributed by atoms with E-state index in [0.29, 0.717) is 21.6 Å². The van der Waals surface area contributed by atoms with Gasteiger partial charge in [-0.25, -0.2) is 0 Å². The molecule has 0 fully saturated rings. The lowest BCUT2D eigenvalue weighted by molar-refractivity contribution is -0.385. The second-order valence-corrected chi connectivity index (χ2v) is 4.20. The predicted molar refractivity (Wildman–Crippen MR) is 64.4 cm³/mol. The molecular formula is C11H8BrNO4. The Morgan fingerprint density at radius 1 is 1.35 bits per heavy atom. The Hall–Kier alpha value is -1.66. The molecule has 0 saturated carbocycles. The van der Waals surface area contributed by atoms with Gasteiger partial charge in [-0.15, -0.1) is 0 Å². The number of aliphatic hydroxyl groups is 1. The molecule has 0 spiro atoms. The Morgan fingerprint density at radius 2 is 2.12 bits per heavy atom. The molecule has 1 N–H and O–H groups in total. The van der Waals surface area contributed by atoms with Crippen molar-refractivity contribution in [3.05, 3.63) is 50.7 Å². The van der Waals surface area contributed by atoms with Crippen molar-refractivity contribution >= 4 is 21.6 Å². The summed E-state index contributed by atoms with van der Waals surface area (Å²) < 4.78 is 5.72. The molecule has 0 radical (unpaired) electrons. The van der Waals surface area contributed by atoms with E-state index in [1.165, 1.54) is 6.07 Å². The number of furan rings is 1. The van der Waals surface area contributed by atoms with Crippen molar-refractivity contribution in [1.29, 1.82) is 0 Å². The third kappa shape index (κ3) is 2.37. The summed E-state index contributed by atoms with van der Waals surface area (Å²) in [6, 6.07) is 8.01. The minimum absolute atomic E-state index is 0.0237. The Kier molecular flexibility index (Phi) is 3.26. The van der Waals surface area contributed by atoms with Gasteiger partial charge in [0.1, 0.15) is 18.1 Å².